The molecule has 3 aromatic rings. The molecule has 0 aliphatic rings. The van der Waals surface area contributed by atoms with E-state index in [1.807, 2.05) is 0 Å². The molecule has 0 aromatic heterocycles. The molecule has 1 unspecified atom stereocenters. The predicted octanol–water partition coefficient (Wildman–Crippen LogP) is 5.34. The topological polar surface area (TPSA) is 78.7 Å². The second kappa shape index (κ2) is 8.70. The van der Waals surface area contributed by atoms with Crippen molar-refractivity contribution < 1.29 is 23.6 Å². The first-order valence-corrected chi connectivity index (χ1v) is 8.82. The van der Waals surface area contributed by atoms with Gasteiger partial charge < -0.3 is 9.47 Å². The average Bonchev–Trinajstić information content (AvgIpc) is 2.72. The van der Waals surface area contributed by atoms with Crippen LogP contribution in [0.15, 0.2) is 66.7 Å². The molecule has 1 atom stereocenters. The van der Waals surface area contributed by atoms with E-state index in [2.05, 4.69) is 0 Å². The minimum Gasteiger partial charge on any atom is -0.480 e. The van der Waals surface area contributed by atoms with Gasteiger partial charge in [-0.15, -0.1) is 0 Å². The zero-order valence-corrected chi connectivity index (χ0v) is 15.9. The molecule has 0 radical (unpaired) electrons. The Balaban J connectivity index is 2.11. The first-order valence-electron chi connectivity index (χ1n) is 8.44. The lowest BCUT2D eigenvalue weighted by molar-refractivity contribution is -0.384. The molecule has 6 nitrogen and oxygen atoms in total. The Bertz CT molecular complexity index is 1060. The summed E-state index contributed by atoms with van der Waals surface area (Å²) < 4.78 is 25.2. The maximum Gasteiger partial charge on any atom is 0.341 e. The van der Waals surface area contributed by atoms with Crippen molar-refractivity contribution in [2.24, 2.45) is 0 Å². The molecule has 0 aliphatic carbocycles. The molecule has 3 aromatic carbocycles. The van der Waals surface area contributed by atoms with Gasteiger partial charge in [-0.2, -0.15) is 0 Å². The molecule has 29 heavy (non-hydrogen) atoms. The van der Waals surface area contributed by atoms with E-state index in [4.69, 9.17) is 21.1 Å². The van der Waals surface area contributed by atoms with E-state index in [1.54, 1.807) is 42.5 Å². The van der Waals surface area contributed by atoms with Crippen LogP contribution in [0.4, 0.5) is 10.1 Å². The van der Waals surface area contributed by atoms with Gasteiger partial charge in [0, 0.05) is 22.7 Å². The Kier molecular flexibility index (Phi) is 6.09. The number of nitro benzene ring substituents is 1. The molecule has 8 heteroatoms. The summed E-state index contributed by atoms with van der Waals surface area (Å²) in [6.07, 6.45) is -0.932. The summed E-state index contributed by atoms with van der Waals surface area (Å²) in [5.74, 6) is -1.30. The summed E-state index contributed by atoms with van der Waals surface area (Å²) in [5, 5.41) is 11.6. The molecule has 0 spiro atoms. The fraction of sp³-hybridized carbons (Fsp3) is 0.0952. The van der Waals surface area contributed by atoms with Crippen molar-refractivity contribution in [1.29, 1.82) is 0 Å². The predicted molar refractivity (Wildman–Crippen MR) is 105 cm³/mol. The van der Waals surface area contributed by atoms with Crippen LogP contribution in [0.25, 0.3) is 0 Å². The fourth-order valence-electron chi connectivity index (χ4n) is 2.77. The number of esters is 1. The third-order valence-electron chi connectivity index (χ3n) is 4.18. The van der Waals surface area contributed by atoms with E-state index in [1.165, 1.54) is 18.2 Å². The van der Waals surface area contributed by atoms with Crippen molar-refractivity contribution in [3.63, 3.8) is 0 Å². The molecule has 0 aliphatic heterocycles. The number of carbonyl (C=O) groups excluding carboxylic acids is 1. The number of halogens is 2. The minimum absolute atomic E-state index is 0.0191. The standard InChI is InChI=1S/C21H15ClFNO5/c1-28-21(25)17-12-15(24(26)27)10-11-19(17)29-20(13-6-8-14(22)9-7-13)16-4-2-3-5-18(16)23/h2-12,20H,1H3. The number of benzene rings is 3. The number of nitro groups is 1. The van der Waals surface area contributed by atoms with Crippen molar-refractivity contribution in [2.75, 3.05) is 7.11 Å². The van der Waals surface area contributed by atoms with E-state index >= 15 is 0 Å². The highest BCUT2D eigenvalue weighted by atomic mass is 35.5. The van der Waals surface area contributed by atoms with Crippen LogP contribution < -0.4 is 4.74 Å². The van der Waals surface area contributed by atoms with Crippen molar-refractivity contribution in [3.05, 3.63) is 104 Å². The van der Waals surface area contributed by atoms with Crippen LogP contribution in [0, 0.1) is 15.9 Å². The molecule has 0 fully saturated rings. The number of non-ortho nitro benzene ring substituents is 1. The van der Waals surface area contributed by atoms with Crippen LogP contribution in [0.3, 0.4) is 0 Å². The number of nitrogens with zero attached hydrogens (tertiary/aromatic N) is 1. The smallest absolute Gasteiger partial charge is 0.341 e. The number of rotatable bonds is 6. The summed E-state index contributed by atoms with van der Waals surface area (Å²) in [4.78, 5) is 22.6. The molecule has 0 heterocycles. The quantitative estimate of drug-likeness (QED) is 0.308. The van der Waals surface area contributed by atoms with Gasteiger partial charge in [0.15, 0.2) is 6.10 Å². The van der Waals surface area contributed by atoms with E-state index in [0.717, 1.165) is 13.2 Å². The molecule has 148 valence electrons. The van der Waals surface area contributed by atoms with Gasteiger partial charge in [-0.3, -0.25) is 10.1 Å². The third kappa shape index (κ3) is 4.52. The number of carbonyl (C=O) groups is 1. The van der Waals surface area contributed by atoms with Gasteiger partial charge in [-0.25, -0.2) is 9.18 Å². The second-order valence-electron chi connectivity index (χ2n) is 6.00. The Morgan fingerprint density at radius 1 is 1.10 bits per heavy atom. The summed E-state index contributed by atoms with van der Waals surface area (Å²) >= 11 is 5.95. The Morgan fingerprint density at radius 2 is 1.79 bits per heavy atom. The molecule has 0 saturated carbocycles. The van der Waals surface area contributed by atoms with Crippen LogP contribution in [0.1, 0.15) is 27.6 Å². The summed E-state index contributed by atoms with van der Waals surface area (Å²) in [7, 11) is 1.15. The molecule has 0 N–H and O–H groups in total. The summed E-state index contributed by atoms with van der Waals surface area (Å²) in [6, 6.07) is 16.2. The lowest BCUT2D eigenvalue weighted by atomic mass is 10.0. The number of hydrogen-bond donors (Lipinski definition) is 0. The fourth-order valence-corrected chi connectivity index (χ4v) is 2.89. The highest BCUT2D eigenvalue weighted by Gasteiger charge is 2.24. The largest absolute Gasteiger partial charge is 0.480 e. The zero-order chi connectivity index (χ0) is 21.0. The maximum atomic E-state index is 14.5. The summed E-state index contributed by atoms with van der Waals surface area (Å²) in [5.41, 5.74) is 0.362. The van der Waals surface area contributed by atoms with Gasteiger partial charge in [-0.05, 0) is 29.8 Å². The highest BCUT2D eigenvalue weighted by molar-refractivity contribution is 6.30. The zero-order valence-electron chi connectivity index (χ0n) is 15.2. The number of hydrogen-bond acceptors (Lipinski definition) is 5. The van der Waals surface area contributed by atoms with Crippen LogP contribution >= 0.6 is 11.6 Å². The Hall–Kier alpha value is -3.45. The third-order valence-corrected chi connectivity index (χ3v) is 4.44. The Labute approximate surface area is 170 Å². The van der Waals surface area contributed by atoms with Gasteiger partial charge in [0.2, 0.25) is 0 Å². The Morgan fingerprint density at radius 3 is 2.41 bits per heavy atom. The van der Waals surface area contributed by atoms with Crippen LogP contribution in [-0.2, 0) is 4.74 Å². The SMILES string of the molecule is COC(=O)c1cc([N+](=O)[O-])ccc1OC(c1ccc(Cl)cc1)c1ccccc1F. The molecule has 0 saturated heterocycles. The molecular formula is C21H15ClFNO5. The van der Waals surface area contributed by atoms with E-state index in [9.17, 15) is 19.3 Å². The number of methoxy groups -OCH3 is 1. The van der Waals surface area contributed by atoms with Crippen molar-refractivity contribution in [2.45, 2.75) is 6.10 Å². The van der Waals surface area contributed by atoms with Crippen molar-refractivity contribution in [1.82, 2.24) is 0 Å². The molecule has 0 bridgehead atoms. The van der Waals surface area contributed by atoms with Gasteiger partial charge in [0.25, 0.3) is 5.69 Å². The van der Waals surface area contributed by atoms with E-state index in [0.29, 0.717) is 10.6 Å². The highest BCUT2D eigenvalue weighted by Crippen LogP contribution is 2.34. The van der Waals surface area contributed by atoms with Crippen LogP contribution in [0.5, 0.6) is 5.75 Å². The van der Waals surface area contributed by atoms with Crippen LogP contribution in [-0.4, -0.2) is 18.0 Å². The first-order chi connectivity index (χ1) is 13.9. The van der Waals surface area contributed by atoms with Gasteiger partial charge >= 0.3 is 5.97 Å². The van der Waals surface area contributed by atoms with Gasteiger partial charge in [-0.1, -0.05) is 41.9 Å². The second-order valence-corrected chi connectivity index (χ2v) is 6.44. The molecule has 3 rings (SSSR count). The van der Waals surface area contributed by atoms with Gasteiger partial charge in [0.05, 0.1) is 12.0 Å². The van der Waals surface area contributed by atoms with Crippen molar-refractivity contribution >= 4 is 23.3 Å². The average molecular weight is 416 g/mol. The maximum absolute atomic E-state index is 14.5. The van der Waals surface area contributed by atoms with E-state index < -0.39 is 22.8 Å². The van der Waals surface area contributed by atoms with Gasteiger partial charge in [0.1, 0.15) is 17.1 Å². The van der Waals surface area contributed by atoms with E-state index in [-0.39, 0.29) is 22.6 Å². The minimum atomic E-state index is -0.932. The lowest BCUT2D eigenvalue weighted by Gasteiger charge is -2.22. The van der Waals surface area contributed by atoms with Crippen LogP contribution in [0.2, 0.25) is 5.02 Å². The number of ether oxygens (including phenoxy) is 2. The van der Waals surface area contributed by atoms with Crippen molar-refractivity contribution in [3.8, 4) is 5.75 Å². The summed E-state index contributed by atoms with van der Waals surface area (Å²) in [6.45, 7) is 0. The lowest BCUT2D eigenvalue weighted by Crippen LogP contribution is -2.14. The molecular weight excluding hydrogens is 401 g/mol. The monoisotopic (exact) mass is 415 g/mol. The first kappa shape index (κ1) is 20.3. The molecule has 0 amide bonds. The normalized spacial score (nSPS) is 11.6.